The summed E-state index contributed by atoms with van der Waals surface area (Å²) in [4.78, 5) is 0. The summed E-state index contributed by atoms with van der Waals surface area (Å²) in [5.41, 5.74) is 0.125. The van der Waals surface area contributed by atoms with Gasteiger partial charge in [0.15, 0.2) is 0 Å². The zero-order valence-electron chi connectivity index (χ0n) is 12.8. The highest BCUT2D eigenvalue weighted by molar-refractivity contribution is 5.22. The minimum absolute atomic E-state index is 0.125. The average molecular weight is 337 g/mol. The van der Waals surface area contributed by atoms with E-state index in [9.17, 15) is 29.2 Å². The van der Waals surface area contributed by atoms with E-state index in [1.54, 1.807) is 0 Å². The highest BCUT2D eigenvalue weighted by Gasteiger charge is 2.37. The molecule has 134 valence electrons. The summed E-state index contributed by atoms with van der Waals surface area (Å²) in [5.74, 6) is 0.351. The van der Waals surface area contributed by atoms with Crippen LogP contribution in [0.3, 0.4) is 0 Å². The Hall–Kier alpha value is -0.640. The maximum atomic E-state index is 12.1. The third-order valence-electron chi connectivity index (χ3n) is 4.65. The molecular weight excluding hydrogens is 312 g/mol. The van der Waals surface area contributed by atoms with Crippen LogP contribution in [0, 0.1) is 5.92 Å². The number of halogens is 2. The van der Waals surface area contributed by atoms with E-state index >= 15 is 0 Å². The van der Waals surface area contributed by atoms with Crippen LogP contribution in [0.1, 0.15) is 25.7 Å². The summed E-state index contributed by atoms with van der Waals surface area (Å²) in [5, 5.41) is 42.3. The Balaban J connectivity index is 1.92. The molecule has 0 amide bonds. The fourth-order valence-corrected chi connectivity index (χ4v) is 3.17. The van der Waals surface area contributed by atoms with Crippen molar-refractivity contribution in [2.75, 3.05) is 13.2 Å². The second kappa shape index (κ2) is 8.46. The topological polar surface area (TPSA) is 102 Å². The van der Waals surface area contributed by atoms with Gasteiger partial charge in [-0.25, -0.2) is 0 Å². The van der Waals surface area contributed by atoms with Gasteiger partial charge in [0, 0.05) is 0 Å². The SMILES string of the molecule is OC1CCC(CN[C@@H]2C=C(COC(F)F)[C@H](O)[C@H](O)[C@H]2O)CC1. The summed E-state index contributed by atoms with van der Waals surface area (Å²) < 4.78 is 28.4. The Labute approximate surface area is 133 Å². The number of alkyl halides is 2. The molecule has 6 nitrogen and oxygen atoms in total. The van der Waals surface area contributed by atoms with Crippen molar-refractivity contribution < 1.29 is 33.9 Å². The molecule has 23 heavy (non-hydrogen) atoms. The van der Waals surface area contributed by atoms with Crippen LogP contribution in [0.25, 0.3) is 0 Å². The van der Waals surface area contributed by atoms with Gasteiger partial charge in [0.1, 0.15) is 18.3 Å². The number of ether oxygens (including phenoxy) is 1. The lowest BCUT2D eigenvalue weighted by Crippen LogP contribution is -2.54. The van der Waals surface area contributed by atoms with Crippen LogP contribution in [0.15, 0.2) is 11.6 Å². The highest BCUT2D eigenvalue weighted by Crippen LogP contribution is 2.25. The van der Waals surface area contributed by atoms with E-state index in [1.807, 2.05) is 0 Å². The van der Waals surface area contributed by atoms with Gasteiger partial charge >= 0.3 is 6.61 Å². The molecule has 0 bridgehead atoms. The van der Waals surface area contributed by atoms with Crippen molar-refractivity contribution in [2.45, 2.75) is 62.8 Å². The Morgan fingerprint density at radius 3 is 2.35 bits per heavy atom. The van der Waals surface area contributed by atoms with Crippen molar-refractivity contribution in [1.82, 2.24) is 5.32 Å². The lowest BCUT2D eigenvalue weighted by Gasteiger charge is -2.36. The molecule has 2 aliphatic carbocycles. The van der Waals surface area contributed by atoms with E-state index < -0.39 is 37.6 Å². The Kier molecular flexibility index (Phi) is 6.87. The molecule has 0 aromatic heterocycles. The van der Waals surface area contributed by atoms with Crippen molar-refractivity contribution in [3.8, 4) is 0 Å². The van der Waals surface area contributed by atoms with Gasteiger partial charge in [0.25, 0.3) is 0 Å². The second-order valence-corrected chi connectivity index (χ2v) is 6.35. The lowest BCUT2D eigenvalue weighted by molar-refractivity contribution is -0.129. The molecule has 8 heteroatoms. The molecular formula is C15H25F2NO5. The molecule has 0 unspecified atom stereocenters. The predicted molar refractivity (Wildman–Crippen MR) is 77.8 cm³/mol. The van der Waals surface area contributed by atoms with Gasteiger partial charge in [0.2, 0.25) is 0 Å². The van der Waals surface area contributed by atoms with Crippen molar-refractivity contribution in [3.05, 3.63) is 11.6 Å². The van der Waals surface area contributed by atoms with Crippen LogP contribution >= 0.6 is 0 Å². The van der Waals surface area contributed by atoms with Gasteiger partial charge in [-0.1, -0.05) is 6.08 Å². The number of hydrogen-bond acceptors (Lipinski definition) is 6. The molecule has 0 heterocycles. The minimum atomic E-state index is -2.97. The monoisotopic (exact) mass is 337 g/mol. The van der Waals surface area contributed by atoms with Crippen molar-refractivity contribution in [2.24, 2.45) is 5.92 Å². The first-order chi connectivity index (χ1) is 10.9. The first kappa shape index (κ1) is 18.7. The molecule has 0 spiro atoms. The first-order valence-corrected chi connectivity index (χ1v) is 7.94. The zero-order chi connectivity index (χ0) is 17.0. The molecule has 4 atom stereocenters. The molecule has 0 saturated heterocycles. The van der Waals surface area contributed by atoms with E-state index in [4.69, 9.17) is 0 Å². The quantitative estimate of drug-likeness (QED) is 0.429. The predicted octanol–water partition coefficient (Wildman–Crippen LogP) is -0.242. The van der Waals surface area contributed by atoms with Gasteiger partial charge in [-0.3, -0.25) is 0 Å². The Morgan fingerprint density at radius 2 is 1.74 bits per heavy atom. The van der Waals surface area contributed by atoms with Crippen LogP contribution in [-0.4, -0.2) is 70.6 Å². The molecule has 0 aromatic carbocycles. The van der Waals surface area contributed by atoms with Crippen LogP contribution < -0.4 is 5.32 Å². The fraction of sp³-hybridized carbons (Fsp3) is 0.867. The molecule has 0 radical (unpaired) electrons. The van der Waals surface area contributed by atoms with Gasteiger partial charge in [0.05, 0.1) is 18.8 Å². The molecule has 0 aromatic rings. The van der Waals surface area contributed by atoms with Crippen molar-refractivity contribution in [1.29, 1.82) is 0 Å². The van der Waals surface area contributed by atoms with Gasteiger partial charge in [-0.15, -0.1) is 0 Å². The standard InChI is InChI=1S/C15H25F2NO5/c16-15(17)23-7-9-5-11(13(21)14(22)12(9)20)18-6-8-1-3-10(19)4-2-8/h5,8,10-15,18-22H,1-4,6-7H2/t8?,10?,11-,12+,13+,14+/m1/s1. The summed E-state index contributed by atoms with van der Waals surface area (Å²) in [6.45, 7) is -2.89. The van der Waals surface area contributed by atoms with Gasteiger partial charge in [-0.2, -0.15) is 8.78 Å². The van der Waals surface area contributed by atoms with Crippen molar-refractivity contribution in [3.63, 3.8) is 0 Å². The van der Waals surface area contributed by atoms with Gasteiger partial charge < -0.3 is 30.5 Å². The summed E-state index contributed by atoms with van der Waals surface area (Å²) in [7, 11) is 0. The molecule has 1 fully saturated rings. The fourth-order valence-electron chi connectivity index (χ4n) is 3.17. The number of nitrogens with one attached hydrogen (secondary N) is 1. The molecule has 0 aliphatic heterocycles. The molecule has 1 saturated carbocycles. The maximum absolute atomic E-state index is 12.1. The average Bonchev–Trinajstić information content (AvgIpc) is 2.52. The Bertz CT molecular complexity index is 401. The third kappa shape index (κ3) is 5.17. The maximum Gasteiger partial charge on any atom is 0.345 e. The molecule has 2 aliphatic rings. The normalized spacial score (nSPS) is 38.7. The zero-order valence-corrected chi connectivity index (χ0v) is 12.8. The van der Waals surface area contributed by atoms with Crippen LogP contribution in [0.4, 0.5) is 8.78 Å². The Morgan fingerprint density at radius 1 is 1.09 bits per heavy atom. The third-order valence-corrected chi connectivity index (χ3v) is 4.65. The first-order valence-electron chi connectivity index (χ1n) is 7.94. The number of aliphatic hydroxyl groups is 4. The number of hydrogen-bond donors (Lipinski definition) is 5. The van der Waals surface area contributed by atoms with Crippen LogP contribution in [0.5, 0.6) is 0 Å². The summed E-state index contributed by atoms with van der Waals surface area (Å²) in [6, 6.07) is -0.642. The summed E-state index contributed by atoms with van der Waals surface area (Å²) >= 11 is 0. The second-order valence-electron chi connectivity index (χ2n) is 6.35. The number of aliphatic hydroxyl groups excluding tert-OH is 4. The molecule has 5 N–H and O–H groups in total. The summed E-state index contributed by atoms with van der Waals surface area (Å²) in [6.07, 6.45) is 0.307. The van der Waals surface area contributed by atoms with E-state index in [0.29, 0.717) is 12.5 Å². The lowest BCUT2D eigenvalue weighted by atomic mass is 9.85. The van der Waals surface area contributed by atoms with E-state index in [2.05, 4.69) is 10.1 Å². The van der Waals surface area contributed by atoms with Crippen LogP contribution in [-0.2, 0) is 4.74 Å². The van der Waals surface area contributed by atoms with E-state index in [0.717, 1.165) is 25.7 Å². The van der Waals surface area contributed by atoms with Crippen LogP contribution in [0.2, 0.25) is 0 Å². The van der Waals surface area contributed by atoms with E-state index in [-0.39, 0.29) is 11.7 Å². The number of rotatable bonds is 6. The largest absolute Gasteiger partial charge is 0.393 e. The highest BCUT2D eigenvalue weighted by atomic mass is 19.3. The smallest absolute Gasteiger partial charge is 0.345 e. The minimum Gasteiger partial charge on any atom is -0.393 e. The van der Waals surface area contributed by atoms with E-state index in [1.165, 1.54) is 6.08 Å². The molecule has 2 rings (SSSR count). The van der Waals surface area contributed by atoms with Gasteiger partial charge in [-0.05, 0) is 43.7 Å². The van der Waals surface area contributed by atoms with Crippen molar-refractivity contribution >= 4 is 0 Å².